The van der Waals surface area contributed by atoms with Gasteiger partial charge in [0.1, 0.15) is 0 Å². The Hall–Kier alpha value is -7.22. The number of hydrogen-bond donors (Lipinski definition) is 0. The molecule has 0 fully saturated rings. The van der Waals surface area contributed by atoms with Gasteiger partial charge in [-0.1, -0.05) is 196 Å². The summed E-state index contributed by atoms with van der Waals surface area (Å²) < 4.78 is 0. The van der Waals surface area contributed by atoms with Crippen LogP contribution in [0.4, 0.5) is 17.1 Å². The molecule has 0 heterocycles. The van der Waals surface area contributed by atoms with E-state index in [1.807, 2.05) is 0 Å². The molecule has 0 aromatic heterocycles. The van der Waals surface area contributed by atoms with Crippen molar-refractivity contribution in [3.05, 3.63) is 246 Å². The summed E-state index contributed by atoms with van der Waals surface area (Å²) in [5.41, 5.74) is 23.5. The van der Waals surface area contributed by atoms with Gasteiger partial charge < -0.3 is 4.90 Å². The lowest BCUT2D eigenvalue weighted by Gasteiger charge is -2.35. The summed E-state index contributed by atoms with van der Waals surface area (Å²) in [7, 11) is 0. The number of fused-ring (bicyclic) bond motifs is 15. The van der Waals surface area contributed by atoms with Crippen molar-refractivity contribution in [2.75, 3.05) is 4.90 Å². The van der Waals surface area contributed by atoms with Crippen molar-refractivity contribution in [2.24, 2.45) is 0 Å². The SMILES string of the molecule is CC1(C)c2ccccc2-c2ccc(N(c3ccc4c(c3)-c3ccccc3C43c4ccccc4-c4ccccc4-c4ccccc43)c3ccccc3-c3ccccc3)cc21. The maximum absolute atomic E-state index is 2.50. The molecule has 1 heteroatoms. The molecule has 0 unspecified atom stereocenters. The predicted octanol–water partition coefficient (Wildman–Crippen LogP) is 15.1. The Kier molecular flexibility index (Phi) is 7.26. The van der Waals surface area contributed by atoms with E-state index in [0.29, 0.717) is 0 Å². The van der Waals surface area contributed by atoms with E-state index in [2.05, 4.69) is 231 Å². The first kappa shape index (κ1) is 33.9. The lowest BCUT2D eigenvalue weighted by atomic mass is 9.66. The molecule has 1 spiro atoms. The molecule has 0 amide bonds. The second-order valence-corrected chi connectivity index (χ2v) is 16.8. The molecule has 9 aromatic rings. The number of hydrogen-bond acceptors (Lipinski definition) is 1. The third kappa shape index (κ3) is 4.67. The third-order valence-electron chi connectivity index (χ3n) is 13.5. The van der Waals surface area contributed by atoms with Crippen LogP contribution in [0.5, 0.6) is 0 Å². The molecule has 3 aliphatic carbocycles. The zero-order valence-electron chi connectivity index (χ0n) is 33.2. The molecule has 0 saturated carbocycles. The lowest BCUT2D eigenvalue weighted by Crippen LogP contribution is -2.29. The van der Waals surface area contributed by atoms with Crippen LogP contribution in [0.25, 0.3) is 55.6 Å². The number of rotatable bonds is 4. The van der Waals surface area contributed by atoms with Crippen LogP contribution in [-0.2, 0) is 10.8 Å². The summed E-state index contributed by atoms with van der Waals surface area (Å²) in [5, 5.41) is 0. The topological polar surface area (TPSA) is 3.24 Å². The van der Waals surface area contributed by atoms with Gasteiger partial charge in [0.2, 0.25) is 0 Å². The highest BCUT2D eigenvalue weighted by Crippen LogP contribution is 2.62. The van der Waals surface area contributed by atoms with Gasteiger partial charge in [-0.3, -0.25) is 0 Å². The summed E-state index contributed by atoms with van der Waals surface area (Å²) in [6.45, 7) is 4.74. The van der Waals surface area contributed by atoms with Gasteiger partial charge in [-0.2, -0.15) is 0 Å². The van der Waals surface area contributed by atoms with Crippen molar-refractivity contribution >= 4 is 17.1 Å². The van der Waals surface area contributed by atoms with E-state index in [0.717, 1.165) is 17.1 Å². The molecule has 0 bridgehead atoms. The van der Waals surface area contributed by atoms with Crippen LogP contribution < -0.4 is 4.90 Å². The standard InChI is InChI=1S/C58H41N/c1-57(2)50-27-13-8-25-46(50)48-34-32-40(37-55(48)57)59(56-31-17-12-20-41(56)38-18-4-3-5-19-38)39-33-35-54-49(36-39)47-26-11-16-30-53(47)58(54)51-28-14-9-23-44(51)42-21-6-7-22-43(42)45-24-10-15-29-52(45)58/h3-37H,1-2H3. The molecule has 0 radical (unpaired) electrons. The summed E-state index contributed by atoms with van der Waals surface area (Å²) in [5.74, 6) is 0. The minimum atomic E-state index is -0.521. The van der Waals surface area contributed by atoms with E-state index in [9.17, 15) is 0 Å². The van der Waals surface area contributed by atoms with Crippen LogP contribution in [-0.4, -0.2) is 0 Å². The van der Waals surface area contributed by atoms with Crippen LogP contribution in [0.3, 0.4) is 0 Å². The first-order valence-corrected chi connectivity index (χ1v) is 20.8. The van der Waals surface area contributed by atoms with Crippen molar-refractivity contribution in [2.45, 2.75) is 24.7 Å². The molecule has 278 valence electrons. The van der Waals surface area contributed by atoms with Crippen LogP contribution in [0.15, 0.2) is 212 Å². The molecule has 3 aliphatic rings. The first-order valence-electron chi connectivity index (χ1n) is 20.8. The monoisotopic (exact) mass is 751 g/mol. The van der Waals surface area contributed by atoms with Gasteiger partial charge in [-0.05, 0) is 114 Å². The van der Waals surface area contributed by atoms with Gasteiger partial charge in [-0.25, -0.2) is 0 Å². The highest BCUT2D eigenvalue weighted by atomic mass is 15.1. The van der Waals surface area contributed by atoms with E-state index in [-0.39, 0.29) is 5.41 Å². The number of para-hydroxylation sites is 1. The molecule has 0 aliphatic heterocycles. The fraction of sp³-hybridized carbons (Fsp3) is 0.0690. The molecule has 1 nitrogen and oxygen atoms in total. The molecule has 9 aromatic carbocycles. The van der Waals surface area contributed by atoms with Crippen molar-refractivity contribution in [1.29, 1.82) is 0 Å². The van der Waals surface area contributed by atoms with E-state index < -0.39 is 5.41 Å². The maximum Gasteiger partial charge on any atom is 0.0725 e. The number of benzene rings is 9. The quantitative estimate of drug-likeness (QED) is 0.173. The third-order valence-corrected chi connectivity index (χ3v) is 13.5. The molecular formula is C58H41N. The number of anilines is 3. The number of nitrogens with zero attached hydrogens (tertiary/aromatic N) is 1. The lowest BCUT2D eigenvalue weighted by molar-refractivity contribution is 0.660. The van der Waals surface area contributed by atoms with Gasteiger partial charge in [0.05, 0.1) is 11.1 Å². The minimum absolute atomic E-state index is 0.131. The average Bonchev–Trinajstić information content (AvgIpc) is 3.67. The summed E-state index contributed by atoms with van der Waals surface area (Å²) >= 11 is 0. The molecule has 0 N–H and O–H groups in total. The summed E-state index contributed by atoms with van der Waals surface area (Å²) in [4.78, 5) is 2.50. The van der Waals surface area contributed by atoms with Crippen molar-refractivity contribution in [3.63, 3.8) is 0 Å². The van der Waals surface area contributed by atoms with Crippen LogP contribution in [0.1, 0.15) is 47.2 Å². The molecular weight excluding hydrogens is 711 g/mol. The Labute approximate surface area is 346 Å². The van der Waals surface area contributed by atoms with E-state index in [1.54, 1.807) is 0 Å². The summed E-state index contributed by atoms with van der Waals surface area (Å²) in [6, 6.07) is 79.4. The van der Waals surface area contributed by atoms with Gasteiger partial charge in [0.25, 0.3) is 0 Å². The maximum atomic E-state index is 2.50. The highest BCUT2D eigenvalue weighted by molar-refractivity contribution is 5.99. The van der Waals surface area contributed by atoms with Gasteiger partial charge in [0.15, 0.2) is 0 Å². The summed E-state index contributed by atoms with van der Waals surface area (Å²) in [6.07, 6.45) is 0. The highest BCUT2D eigenvalue weighted by Gasteiger charge is 2.49. The van der Waals surface area contributed by atoms with Crippen molar-refractivity contribution in [1.82, 2.24) is 0 Å². The van der Waals surface area contributed by atoms with E-state index in [4.69, 9.17) is 0 Å². The predicted molar refractivity (Wildman–Crippen MR) is 246 cm³/mol. The smallest absolute Gasteiger partial charge is 0.0725 e. The average molecular weight is 752 g/mol. The van der Waals surface area contributed by atoms with Gasteiger partial charge in [0, 0.05) is 22.4 Å². The Balaban J connectivity index is 1.14. The van der Waals surface area contributed by atoms with E-state index in [1.165, 1.54) is 89.0 Å². The fourth-order valence-electron chi connectivity index (χ4n) is 11.0. The molecule has 12 rings (SSSR count). The van der Waals surface area contributed by atoms with Gasteiger partial charge in [-0.15, -0.1) is 0 Å². The van der Waals surface area contributed by atoms with Crippen LogP contribution >= 0.6 is 0 Å². The Morgan fingerprint density at radius 2 is 0.695 bits per heavy atom. The first-order chi connectivity index (χ1) is 29.0. The van der Waals surface area contributed by atoms with Gasteiger partial charge >= 0.3 is 0 Å². The molecule has 59 heavy (non-hydrogen) atoms. The Morgan fingerprint density at radius 1 is 0.288 bits per heavy atom. The normalized spacial score (nSPS) is 14.2. The second-order valence-electron chi connectivity index (χ2n) is 16.8. The minimum Gasteiger partial charge on any atom is -0.310 e. The Morgan fingerprint density at radius 3 is 1.31 bits per heavy atom. The van der Waals surface area contributed by atoms with Crippen molar-refractivity contribution < 1.29 is 0 Å². The van der Waals surface area contributed by atoms with E-state index >= 15 is 0 Å². The zero-order chi connectivity index (χ0) is 39.3. The zero-order valence-corrected chi connectivity index (χ0v) is 33.2. The fourth-order valence-corrected chi connectivity index (χ4v) is 11.0. The largest absolute Gasteiger partial charge is 0.310 e. The van der Waals surface area contributed by atoms with Crippen molar-refractivity contribution in [3.8, 4) is 55.6 Å². The molecule has 0 saturated heterocycles. The second kappa shape index (κ2) is 12.6. The molecule has 0 atom stereocenters. The van der Waals surface area contributed by atoms with Crippen LogP contribution in [0.2, 0.25) is 0 Å². The van der Waals surface area contributed by atoms with Crippen LogP contribution in [0, 0.1) is 0 Å². The Bertz CT molecular complexity index is 3080.